The predicted octanol–water partition coefficient (Wildman–Crippen LogP) is 2.56. The molecule has 2 N–H and O–H groups in total. The summed E-state index contributed by atoms with van der Waals surface area (Å²) in [6.07, 6.45) is 1.61. The second-order valence-corrected chi connectivity index (χ2v) is 4.42. The van der Waals surface area contributed by atoms with Crippen LogP contribution in [0.15, 0.2) is 24.4 Å². The third-order valence-corrected chi connectivity index (χ3v) is 2.46. The molecule has 2 rings (SSSR count). The highest BCUT2D eigenvalue weighted by molar-refractivity contribution is 6.32. The molecule has 0 aliphatic heterocycles. The van der Waals surface area contributed by atoms with Gasteiger partial charge in [0.15, 0.2) is 0 Å². The van der Waals surface area contributed by atoms with Crippen molar-refractivity contribution in [2.45, 2.75) is 20.0 Å². The number of anilines is 1. The van der Waals surface area contributed by atoms with Crippen LogP contribution in [0.25, 0.3) is 11.3 Å². The lowest BCUT2D eigenvalue weighted by Gasteiger charge is -2.12. The molecule has 0 atom stereocenters. The van der Waals surface area contributed by atoms with E-state index in [9.17, 15) is 0 Å². The molecule has 0 bridgehead atoms. The van der Waals surface area contributed by atoms with Crippen LogP contribution >= 0.6 is 11.6 Å². The van der Waals surface area contributed by atoms with Crippen molar-refractivity contribution in [1.82, 2.24) is 15.2 Å². The Labute approximate surface area is 110 Å². The van der Waals surface area contributed by atoms with Gasteiger partial charge >= 0.3 is 0 Å². The van der Waals surface area contributed by atoms with Gasteiger partial charge in [0.1, 0.15) is 5.75 Å². The highest BCUT2D eigenvalue weighted by atomic mass is 35.5. The molecule has 0 aliphatic rings. The minimum absolute atomic E-state index is 0.0738. The number of nitrogen functional groups attached to an aromatic ring is 1. The summed E-state index contributed by atoms with van der Waals surface area (Å²) in [4.78, 5) is 4.08. The van der Waals surface area contributed by atoms with Gasteiger partial charge in [0.25, 0.3) is 0 Å². The monoisotopic (exact) mass is 264 g/mol. The van der Waals surface area contributed by atoms with E-state index < -0.39 is 0 Å². The molecule has 1 heterocycles. The van der Waals surface area contributed by atoms with Crippen LogP contribution in [0.1, 0.15) is 13.8 Å². The van der Waals surface area contributed by atoms with Crippen molar-refractivity contribution in [3.8, 4) is 17.0 Å². The van der Waals surface area contributed by atoms with Gasteiger partial charge in [0.2, 0.25) is 5.95 Å². The van der Waals surface area contributed by atoms with Crippen LogP contribution in [0.4, 0.5) is 5.95 Å². The van der Waals surface area contributed by atoms with Crippen molar-refractivity contribution in [2.24, 2.45) is 0 Å². The molecule has 2 aromatic rings. The van der Waals surface area contributed by atoms with Gasteiger partial charge in [-0.15, -0.1) is 5.10 Å². The maximum absolute atomic E-state index is 6.14. The van der Waals surface area contributed by atoms with Crippen LogP contribution in [0.5, 0.6) is 5.75 Å². The van der Waals surface area contributed by atoms with Crippen molar-refractivity contribution in [1.29, 1.82) is 0 Å². The van der Waals surface area contributed by atoms with Gasteiger partial charge in [0.05, 0.1) is 23.0 Å². The number of hydrogen-bond donors (Lipinski definition) is 1. The first-order valence-corrected chi connectivity index (χ1v) is 5.86. The molecule has 0 aliphatic carbocycles. The molecule has 0 amide bonds. The number of aromatic nitrogens is 3. The second kappa shape index (κ2) is 5.18. The number of ether oxygens (including phenoxy) is 1. The van der Waals surface area contributed by atoms with E-state index in [-0.39, 0.29) is 12.1 Å². The SMILES string of the molecule is CC(C)Oc1ccc(-c2cnnc(N)n2)cc1Cl. The minimum Gasteiger partial charge on any atom is -0.489 e. The van der Waals surface area contributed by atoms with E-state index in [1.165, 1.54) is 6.20 Å². The van der Waals surface area contributed by atoms with Gasteiger partial charge in [-0.1, -0.05) is 11.6 Å². The first kappa shape index (κ1) is 12.6. The number of nitrogens with zero attached hydrogens (tertiary/aromatic N) is 3. The molecular weight excluding hydrogens is 252 g/mol. The van der Waals surface area contributed by atoms with E-state index in [0.717, 1.165) is 5.56 Å². The standard InChI is InChI=1S/C12H13ClN4O/c1-7(2)18-11-4-3-8(5-9(11)13)10-6-15-17-12(14)16-10/h3-7H,1-2H3,(H2,14,16,17). The van der Waals surface area contributed by atoms with E-state index in [2.05, 4.69) is 15.2 Å². The lowest BCUT2D eigenvalue weighted by molar-refractivity contribution is 0.242. The average molecular weight is 265 g/mol. The van der Waals surface area contributed by atoms with Gasteiger partial charge < -0.3 is 10.5 Å². The molecule has 1 aromatic carbocycles. The molecule has 0 unspecified atom stereocenters. The minimum atomic E-state index is 0.0738. The fourth-order valence-electron chi connectivity index (χ4n) is 1.47. The Balaban J connectivity index is 2.34. The molecule has 94 valence electrons. The van der Waals surface area contributed by atoms with Gasteiger partial charge in [-0.3, -0.25) is 0 Å². The third-order valence-electron chi connectivity index (χ3n) is 2.17. The summed E-state index contributed by atoms with van der Waals surface area (Å²) in [5, 5.41) is 7.88. The predicted molar refractivity (Wildman–Crippen MR) is 70.4 cm³/mol. The lowest BCUT2D eigenvalue weighted by atomic mass is 10.1. The average Bonchev–Trinajstić information content (AvgIpc) is 2.31. The molecular formula is C12H13ClN4O. The highest BCUT2D eigenvalue weighted by Crippen LogP contribution is 2.30. The van der Waals surface area contributed by atoms with Crippen molar-refractivity contribution in [3.05, 3.63) is 29.4 Å². The van der Waals surface area contributed by atoms with Crippen LogP contribution in [0.2, 0.25) is 5.02 Å². The molecule has 0 saturated carbocycles. The number of hydrogen-bond acceptors (Lipinski definition) is 5. The molecule has 6 heteroatoms. The van der Waals surface area contributed by atoms with Gasteiger partial charge in [-0.05, 0) is 32.0 Å². The molecule has 5 nitrogen and oxygen atoms in total. The van der Waals surface area contributed by atoms with Gasteiger partial charge in [-0.2, -0.15) is 5.10 Å². The first-order valence-electron chi connectivity index (χ1n) is 5.48. The quantitative estimate of drug-likeness (QED) is 0.922. The highest BCUT2D eigenvalue weighted by Gasteiger charge is 2.08. The Kier molecular flexibility index (Phi) is 3.62. The Hall–Kier alpha value is -1.88. The summed E-state index contributed by atoms with van der Waals surface area (Å²) < 4.78 is 5.55. The summed E-state index contributed by atoms with van der Waals surface area (Å²) in [5.41, 5.74) is 6.93. The fraction of sp³-hybridized carbons (Fsp3) is 0.250. The number of benzene rings is 1. The lowest BCUT2D eigenvalue weighted by Crippen LogP contribution is -2.05. The zero-order chi connectivity index (χ0) is 13.1. The normalized spacial score (nSPS) is 10.7. The third kappa shape index (κ3) is 2.87. The van der Waals surface area contributed by atoms with E-state index in [0.29, 0.717) is 16.5 Å². The molecule has 0 fully saturated rings. The zero-order valence-electron chi connectivity index (χ0n) is 10.1. The van der Waals surface area contributed by atoms with Crippen molar-refractivity contribution >= 4 is 17.5 Å². The van der Waals surface area contributed by atoms with Crippen molar-refractivity contribution < 1.29 is 4.74 Å². The molecule has 1 aromatic heterocycles. The van der Waals surface area contributed by atoms with Crippen LogP contribution in [-0.4, -0.2) is 21.3 Å². The summed E-state index contributed by atoms with van der Waals surface area (Å²) in [5.74, 6) is 0.775. The van der Waals surface area contributed by atoms with Crippen molar-refractivity contribution in [3.63, 3.8) is 0 Å². The number of nitrogens with two attached hydrogens (primary N) is 1. The first-order chi connectivity index (χ1) is 8.56. The summed E-state index contributed by atoms with van der Waals surface area (Å²) >= 11 is 6.14. The van der Waals surface area contributed by atoms with Crippen LogP contribution < -0.4 is 10.5 Å². The molecule has 18 heavy (non-hydrogen) atoms. The van der Waals surface area contributed by atoms with Crippen LogP contribution in [0.3, 0.4) is 0 Å². The smallest absolute Gasteiger partial charge is 0.240 e. The second-order valence-electron chi connectivity index (χ2n) is 4.01. The Morgan fingerprint density at radius 3 is 2.72 bits per heavy atom. The van der Waals surface area contributed by atoms with E-state index >= 15 is 0 Å². The maximum atomic E-state index is 6.14. The fourth-order valence-corrected chi connectivity index (χ4v) is 1.69. The van der Waals surface area contributed by atoms with Crippen LogP contribution in [-0.2, 0) is 0 Å². The van der Waals surface area contributed by atoms with Gasteiger partial charge in [0, 0.05) is 5.56 Å². The number of rotatable bonds is 3. The maximum Gasteiger partial charge on any atom is 0.240 e. The van der Waals surface area contributed by atoms with E-state index in [1.54, 1.807) is 12.1 Å². The topological polar surface area (TPSA) is 73.9 Å². The summed E-state index contributed by atoms with van der Waals surface area (Å²) in [7, 11) is 0. The Morgan fingerprint density at radius 1 is 1.33 bits per heavy atom. The summed E-state index contributed by atoms with van der Waals surface area (Å²) in [6, 6.07) is 5.42. The van der Waals surface area contributed by atoms with Gasteiger partial charge in [-0.25, -0.2) is 4.98 Å². The molecule has 0 radical (unpaired) electrons. The van der Waals surface area contributed by atoms with Crippen LogP contribution in [0, 0.1) is 0 Å². The van der Waals surface area contributed by atoms with E-state index in [4.69, 9.17) is 22.1 Å². The Morgan fingerprint density at radius 2 is 2.11 bits per heavy atom. The summed E-state index contributed by atoms with van der Waals surface area (Å²) in [6.45, 7) is 3.89. The molecule has 0 saturated heterocycles. The Bertz CT molecular complexity index is 560. The van der Waals surface area contributed by atoms with Crippen molar-refractivity contribution in [2.75, 3.05) is 5.73 Å². The number of halogens is 1. The zero-order valence-corrected chi connectivity index (χ0v) is 10.8. The van der Waals surface area contributed by atoms with E-state index in [1.807, 2.05) is 19.9 Å². The molecule has 0 spiro atoms. The largest absolute Gasteiger partial charge is 0.489 e.